The third-order valence-electron chi connectivity index (χ3n) is 3.54. The zero-order chi connectivity index (χ0) is 17.1. The van der Waals surface area contributed by atoms with Gasteiger partial charge >= 0.3 is 0 Å². The zero-order valence-electron chi connectivity index (χ0n) is 12.1. The van der Waals surface area contributed by atoms with E-state index in [2.05, 4.69) is 4.84 Å². The molecule has 0 amide bonds. The Labute approximate surface area is 132 Å². The first kappa shape index (κ1) is 17.0. The molecule has 1 N–H and O–H groups in total. The quantitative estimate of drug-likeness (QED) is 0.469. The Morgan fingerprint density at radius 2 is 2.04 bits per heavy atom. The van der Waals surface area contributed by atoms with Crippen LogP contribution in [-0.2, 0) is 25.2 Å². The van der Waals surface area contributed by atoms with Crippen LogP contribution in [0.4, 0.5) is 0 Å². The molecule has 1 aromatic carbocycles. The molecular formula is C14H14N2O6S. The lowest BCUT2D eigenvalue weighted by atomic mass is 9.76. The molecule has 9 heteroatoms. The van der Waals surface area contributed by atoms with Crippen LogP contribution in [0.3, 0.4) is 0 Å². The van der Waals surface area contributed by atoms with Crippen molar-refractivity contribution in [1.82, 2.24) is 4.89 Å². The molecule has 1 aliphatic rings. The van der Waals surface area contributed by atoms with Crippen molar-refractivity contribution in [3.8, 4) is 0 Å². The number of sulfonamides is 1. The normalized spacial score (nSPS) is 23.6. The zero-order valence-corrected chi connectivity index (χ0v) is 12.9. The summed E-state index contributed by atoms with van der Waals surface area (Å²) in [6.45, 7) is 0. The van der Waals surface area contributed by atoms with Crippen molar-refractivity contribution in [2.45, 2.75) is 10.4 Å². The molecule has 0 spiro atoms. The van der Waals surface area contributed by atoms with Crippen LogP contribution in [0, 0.1) is 16.0 Å². The highest BCUT2D eigenvalue weighted by atomic mass is 32.2. The molecule has 0 heterocycles. The predicted octanol–water partition coefficient (Wildman–Crippen LogP) is 0.939. The highest BCUT2D eigenvalue weighted by molar-refractivity contribution is 7.89. The Kier molecular flexibility index (Phi) is 4.73. The van der Waals surface area contributed by atoms with Gasteiger partial charge in [-0.25, -0.2) is 8.42 Å². The summed E-state index contributed by atoms with van der Waals surface area (Å²) in [5.74, 6) is -1.14. The molecule has 0 saturated carbocycles. The summed E-state index contributed by atoms with van der Waals surface area (Å²) >= 11 is 0. The third-order valence-corrected chi connectivity index (χ3v) is 4.86. The molecule has 1 aromatic rings. The molecule has 1 aliphatic carbocycles. The van der Waals surface area contributed by atoms with E-state index in [0.29, 0.717) is 6.29 Å². The van der Waals surface area contributed by atoms with Gasteiger partial charge in [0.15, 0.2) is 0 Å². The summed E-state index contributed by atoms with van der Waals surface area (Å²) in [6.07, 6.45) is 5.92. The molecule has 23 heavy (non-hydrogen) atoms. The maximum Gasteiger partial charge on any atom is 0.279 e. The molecule has 0 bridgehead atoms. The van der Waals surface area contributed by atoms with Crippen LogP contribution in [0.1, 0.15) is 5.56 Å². The van der Waals surface area contributed by atoms with Crippen molar-refractivity contribution >= 4 is 16.3 Å². The highest BCUT2D eigenvalue weighted by Gasteiger charge is 2.52. The number of nitrogens with one attached hydrogen (secondary N) is 1. The van der Waals surface area contributed by atoms with Crippen molar-refractivity contribution in [1.29, 1.82) is 0 Å². The van der Waals surface area contributed by atoms with Crippen molar-refractivity contribution in [2.75, 3.05) is 7.11 Å². The number of carbonyl (C=O) groups is 1. The largest absolute Gasteiger partial charge is 0.302 e. The van der Waals surface area contributed by atoms with Crippen LogP contribution >= 0.6 is 0 Å². The van der Waals surface area contributed by atoms with Crippen LogP contribution in [-0.4, -0.2) is 26.7 Å². The molecule has 122 valence electrons. The average molecular weight is 338 g/mol. The van der Waals surface area contributed by atoms with E-state index in [0.717, 1.165) is 7.11 Å². The number of aldehydes is 1. The van der Waals surface area contributed by atoms with E-state index in [1.54, 1.807) is 0 Å². The van der Waals surface area contributed by atoms with Gasteiger partial charge in [0, 0.05) is 4.92 Å². The minimum Gasteiger partial charge on any atom is -0.302 e. The average Bonchev–Trinajstić information content (AvgIpc) is 2.54. The predicted molar refractivity (Wildman–Crippen MR) is 80.3 cm³/mol. The van der Waals surface area contributed by atoms with Crippen molar-refractivity contribution < 1.29 is 23.0 Å². The highest BCUT2D eigenvalue weighted by Crippen LogP contribution is 2.40. The van der Waals surface area contributed by atoms with Crippen LogP contribution in [0.25, 0.3) is 0 Å². The molecule has 0 saturated heterocycles. The van der Waals surface area contributed by atoms with E-state index in [4.69, 9.17) is 0 Å². The monoisotopic (exact) mass is 338 g/mol. The number of hydrogen-bond acceptors (Lipinski definition) is 6. The van der Waals surface area contributed by atoms with Gasteiger partial charge < -0.3 is 4.79 Å². The van der Waals surface area contributed by atoms with Crippen molar-refractivity contribution in [2.24, 2.45) is 5.92 Å². The topological polar surface area (TPSA) is 116 Å². The van der Waals surface area contributed by atoms with Gasteiger partial charge in [-0.15, -0.1) is 0 Å². The van der Waals surface area contributed by atoms with E-state index in [1.165, 1.54) is 48.6 Å². The molecule has 2 atom stereocenters. The van der Waals surface area contributed by atoms with E-state index in [9.17, 15) is 23.3 Å². The Morgan fingerprint density at radius 3 is 2.65 bits per heavy atom. The maximum atomic E-state index is 12.3. The van der Waals surface area contributed by atoms with Gasteiger partial charge in [-0.3, -0.25) is 15.0 Å². The van der Waals surface area contributed by atoms with Gasteiger partial charge in [-0.2, -0.15) is 0 Å². The van der Waals surface area contributed by atoms with E-state index in [-0.39, 0.29) is 10.5 Å². The molecule has 0 aromatic heterocycles. The minimum absolute atomic E-state index is 0.118. The molecule has 2 unspecified atom stereocenters. The van der Waals surface area contributed by atoms with Gasteiger partial charge in [-0.05, 0) is 12.1 Å². The van der Waals surface area contributed by atoms with E-state index >= 15 is 0 Å². The fourth-order valence-electron chi connectivity index (χ4n) is 2.53. The SMILES string of the molecule is CONS(=O)(=O)c1ccccc1C1([N+](=O)[O-])C=CC=CC1C=O. The first-order valence-electron chi connectivity index (χ1n) is 6.50. The molecule has 0 fully saturated rings. The van der Waals surface area contributed by atoms with Gasteiger partial charge in [0.2, 0.25) is 0 Å². The van der Waals surface area contributed by atoms with Crippen LogP contribution in [0.2, 0.25) is 0 Å². The summed E-state index contributed by atoms with van der Waals surface area (Å²) in [4.78, 5) is 28.4. The second kappa shape index (κ2) is 6.41. The number of rotatable bonds is 6. The summed E-state index contributed by atoms with van der Waals surface area (Å²) in [7, 11) is -3.03. The lowest BCUT2D eigenvalue weighted by Crippen LogP contribution is -2.43. The number of hydrogen-bond donors (Lipinski definition) is 1. The second-order valence-electron chi connectivity index (χ2n) is 4.78. The Bertz CT molecular complexity index is 786. The fraction of sp³-hybridized carbons (Fsp3) is 0.214. The number of nitro groups is 1. The van der Waals surface area contributed by atoms with Gasteiger partial charge in [0.25, 0.3) is 15.6 Å². The van der Waals surface area contributed by atoms with Gasteiger partial charge in [0.1, 0.15) is 12.2 Å². The maximum absolute atomic E-state index is 12.3. The number of allylic oxidation sites excluding steroid dienone is 2. The Balaban J connectivity index is 2.78. The van der Waals surface area contributed by atoms with E-state index in [1.807, 2.05) is 4.89 Å². The fourth-order valence-corrected chi connectivity index (χ4v) is 3.62. The molecule has 2 rings (SSSR count). The first-order chi connectivity index (χ1) is 10.9. The first-order valence-corrected chi connectivity index (χ1v) is 7.98. The summed E-state index contributed by atoms with van der Waals surface area (Å²) < 4.78 is 24.5. The summed E-state index contributed by atoms with van der Waals surface area (Å²) in [6, 6.07) is 5.43. The number of carbonyl (C=O) groups excluding carboxylic acids is 1. The van der Waals surface area contributed by atoms with Crippen LogP contribution in [0.5, 0.6) is 0 Å². The van der Waals surface area contributed by atoms with Gasteiger partial charge in [-0.1, -0.05) is 41.3 Å². The molecular weight excluding hydrogens is 324 g/mol. The number of nitrogens with zero attached hydrogens (tertiary/aromatic N) is 1. The van der Waals surface area contributed by atoms with Crippen molar-refractivity contribution in [3.05, 3.63) is 64.2 Å². The smallest absolute Gasteiger partial charge is 0.279 e. The Morgan fingerprint density at radius 1 is 1.35 bits per heavy atom. The van der Waals surface area contributed by atoms with Gasteiger partial charge in [0.05, 0.1) is 17.6 Å². The van der Waals surface area contributed by atoms with E-state index < -0.39 is 26.4 Å². The summed E-state index contributed by atoms with van der Waals surface area (Å²) in [5.41, 5.74) is -2.12. The minimum atomic E-state index is -4.14. The standard InChI is InChI=1S/C14H14N2O6S/c1-22-15-23(20,21)13-8-3-2-7-12(13)14(16(18)19)9-5-4-6-11(14)10-17/h2-11,15H,1H3. The lowest BCUT2D eigenvalue weighted by Gasteiger charge is -2.29. The second-order valence-corrected chi connectivity index (χ2v) is 6.39. The number of benzene rings is 1. The van der Waals surface area contributed by atoms with Crippen molar-refractivity contribution in [3.63, 3.8) is 0 Å². The molecule has 0 aliphatic heterocycles. The third kappa shape index (κ3) is 2.81. The summed E-state index contributed by atoms with van der Waals surface area (Å²) in [5, 5.41) is 11.8. The molecule has 0 radical (unpaired) electrons. The van der Waals surface area contributed by atoms with Crippen LogP contribution in [0.15, 0.2) is 53.5 Å². The molecule has 8 nitrogen and oxygen atoms in total. The lowest BCUT2D eigenvalue weighted by molar-refractivity contribution is -0.569. The van der Waals surface area contributed by atoms with Crippen LogP contribution < -0.4 is 4.89 Å². The Hall–Kier alpha value is -2.36.